The molecule has 0 bridgehead atoms. The highest BCUT2D eigenvalue weighted by molar-refractivity contribution is 9.11. The van der Waals surface area contributed by atoms with Crippen LogP contribution in [-0.4, -0.2) is 6.61 Å². The molecule has 0 saturated carbocycles. The third-order valence-electron chi connectivity index (χ3n) is 0.732. The Bertz CT molecular complexity index is 151. The molecule has 0 aromatic heterocycles. The van der Waals surface area contributed by atoms with Crippen molar-refractivity contribution >= 4 is 28.6 Å². The molecule has 1 aliphatic rings. The van der Waals surface area contributed by atoms with E-state index in [9.17, 15) is 0 Å². The summed E-state index contributed by atoms with van der Waals surface area (Å²) in [7, 11) is 0. The van der Waals surface area contributed by atoms with Gasteiger partial charge in [-0.15, -0.1) is 12.6 Å². The monoisotopic (exact) mass is 192 g/mol. The average molecular weight is 193 g/mol. The van der Waals surface area contributed by atoms with Gasteiger partial charge in [0.05, 0.1) is 10.7 Å². The van der Waals surface area contributed by atoms with Crippen molar-refractivity contribution < 1.29 is 4.74 Å². The molecular formula is C5H5BrOS. The van der Waals surface area contributed by atoms with Crippen LogP contribution in [0.2, 0.25) is 0 Å². The Labute approximate surface area is 62.0 Å². The maximum Gasteiger partial charge on any atom is 0.118 e. The zero-order valence-electron chi connectivity index (χ0n) is 4.10. The first kappa shape index (κ1) is 6.23. The molecule has 0 saturated heterocycles. The van der Waals surface area contributed by atoms with Crippen LogP contribution < -0.4 is 0 Å². The van der Waals surface area contributed by atoms with Gasteiger partial charge < -0.3 is 4.74 Å². The van der Waals surface area contributed by atoms with E-state index in [1.54, 1.807) is 6.26 Å². The maximum absolute atomic E-state index is 4.94. The highest BCUT2D eigenvalue weighted by atomic mass is 79.9. The first-order chi connectivity index (χ1) is 3.79. The topological polar surface area (TPSA) is 9.23 Å². The molecule has 3 heteroatoms. The van der Waals surface area contributed by atoms with Crippen molar-refractivity contribution in [3.63, 3.8) is 0 Å². The highest BCUT2D eigenvalue weighted by Crippen LogP contribution is 2.17. The van der Waals surface area contributed by atoms with Crippen LogP contribution in [0.5, 0.6) is 0 Å². The fourth-order valence-corrected chi connectivity index (χ4v) is 1.24. The van der Waals surface area contributed by atoms with Gasteiger partial charge >= 0.3 is 0 Å². The summed E-state index contributed by atoms with van der Waals surface area (Å²) in [5.41, 5.74) is 0. The molecule has 44 valence electrons. The van der Waals surface area contributed by atoms with Crippen LogP contribution in [0.4, 0.5) is 0 Å². The van der Waals surface area contributed by atoms with Crippen LogP contribution in [0.25, 0.3) is 0 Å². The second-order valence-electron chi connectivity index (χ2n) is 1.45. The van der Waals surface area contributed by atoms with Gasteiger partial charge in [-0.25, -0.2) is 0 Å². The number of hydrogen-bond acceptors (Lipinski definition) is 2. The first-order valence-electron chi connectivity index (χ1n) is 2.16. The zero-order chi connectivity index (χ0) is 5.98. The van der Waals surface area contributed by atoms with Gasteiger partial charge in [0.1, 0.15) is 6.61 Å². The minimum absolute atomic E-state index is 0.595. The molecule has 1 heterocycles. The van der Waals surface area contributed by atoms with E-state index in [-0.39, 0.29) is 0 Å². The second-order valence-corrected chi connectivity index (χ2v) is 2.94. The Kier molecular flexibility index (Phi) is 2.02. The normalized spacial score (nSPS) is 18.8. The van der Waals surface area contributed by atoms with Gasteiger partial charge in [0.15, 0.2) is 0 Å². The lowest BCUT2D eigenvalue weighted by molar-refractivity contribution is 0.282. The molecule has 1 rings (SSSR count). The number of hydrogen-bond donors (Lipinski definition) is 1. The van der Waals surface area contributed by atoms with E-state index >= 15 is 0 Å². The number of ether oxygens (including phenoxy) is 1. The first-order valence-corrected chi connectivity index (χ1v) is 3.40. The molecule has 0 aromatic carbocycles. The van der Waals surface area contributed by atoms with Gasteiger partial charge in [-0.05, 0) is 22.0 Å². The van der Waals surface area contributed by atoms with Crippen LogP contribution in [0.1, 0.15) is 0 Å². The van der Waals surface area contributed by atoms with Crippen molar-refractivity contribution in [2.45, 2.75) is 0 Å². The summed E-state index contributed by atoms with van der Waals surface area (Å²) >= 11 is 7.33. The molecule has 0 N–H and O–H groups in total. The summed E-state index contributed by atoms with van der Waals surface area (Å²) in [6.07, 6.45) is 3.56. The predicted octanol–water partition coefficient (Wildman–Crippen LogP) is 2.07. The highest BCUT2D eigenvalue weighted by Gasteiger charge is 1.97. The molecular weight excluding hydrogens is 188 g/mol. The van der Waals surface area contributed by atoms with E-state index < -0.39 is 0 Å². The lowest BCUT2D eigenvalue weighted by atomic mass is 10.4. The number of thiol groups is 1. The smallest absolute Gasteiger partial charge is 0.118 e. The fourth-order valence-electron chi connectivity index (χ4n) is 0.442. The zero-order valence-corrected chi connectivity index (χ0v) is 6.58. The summed E-state index contributed by atoms with van der Waals surface area (Å²) in [6.45, 7) is 0.595. The van der Waals surface area contributed by atoms with Crippen molar-refractivity contribution in [3.8, 4) is 0 Å². The van der Waals surface area contributed by atoms with E-state index in [0.717, 1.165) is 9.39 Å². The minimum atomic E-state index is 0.595. The van der Waals surface area contributed by atoms with E-state index in [4.69, 9.17) is 4.74 Å². The van der Waals surface area contributed by atoms with Crippen molar-refractivity contribution in [1.82, 2.24) is 0 Å². The van der Waals surface area contributed by atoms with E-state index in [0.29, 0.717) is 6.61 Å². The molecule has 0 aromatic rings. The summed E-state index contributed by atoms with van der Waals surface area (Å²) in [4.78, 5) is 0.944. The number of allylic oxidation sites excluding steroid dienone is 2. The number of rotatable bonds is 0. The van der Waals surface area contributed by atoms with Gasteiger partial charge in [0.2, 0.25) is 0 Å². The minimum Gasteiger partial charge on any atom is -0.495 e. The van der Waals surface area contributed by atoms with Gasteiger partial charge in [-0.2, -0.15) is 0 Å². The Morgan fingerprint density at radius 1 is 1.75 bits per heavy atom. The van der Waals surface area contributed by atoms with Gasteiger partial charge in [0, 0.05) is 4.91 Å². The van der Waals surface area contributed by atoms with Crippen molar-refractivity contribution in [1.29, 1.82) is 0 Å². The molecule has 1 aliphatic heterocycles. The predicted molar refractivity (Wildman–Crippen MR) is 40.0 cm³/mol. The van der Waals surface area contributed by atoms with E-state index in [1.807, 2.05) is 6.08 Å². The van der Waals surface area contributed by atoms with Gasteiger partial charge in [-0.3, -0.25) is 0 Å². The summed E-state index contributed by atoms with van der Waals surface area (Å²) in [5, 5.41) is 0. The lowest BCUT2D eigenvalue weighted by Gasteiger charge is -2.05. The molecule has 0 unspecified atom stereocenters. The van der Waals surface area contributed by atoms with E-state index in [2.05, 4.69) is 28.6 Å². The van der Waals surface area contributed by atoms with Crippen LogP contribution in [-0.2, 0) is 4.74 Å². The largest absolute Gasteiger partial charge is 0.495 e. The van der Waals surface area contributed by atoms with Gasteiger partial charge in [0.25, 0.3) is 0 Å². The number of halogens is 1. The SMILES string of the molecule is SC1=CC(Br)=COC1. The molecule has 8 heavy (non-hydrogen) atoms. The molecule has 0 atom stereocenters. The Balaban J connectivity index is 2.69. The Morgan fingerprint density at radius 2 is 2.50 bits per heavy atom. The third kappa shape index (κ3) is 1.56. The average Bonchev–Trinajstić information content (AvgIpc) is 1.64. The summed E-state index contributed by atoms with van der Waals surface area (Å²) in [6, 6.07) is 0. The van der Waals surface area contributed by atoms with Gasteiger partial charge in [-0.1, -0.05) is 0 Å². The van der Waals surface area contributed by atoms with Crippen molar-refractivity contribution in [2.75, 3.05) is 6.61 Å². The summed E-state index contributed by atoms with van der Waals surface area (Å²) in [5.74, 6) is 0. The van der Waals surface area contributed by atoms with Crippen LogP contribution in [0.15, 0.2) is 21.7 Å². The standard InChI is InChI=1S/C5H5BrOS/c6-4-1-5(8)3-7-2-4/h1-2,8H,3H2. The molecule has 1 nitrogen and oxygen atoms in total. The Morgan fingerprint density at radius 3 is 2.88 bits per heavy atom. The van der Waals surface area contributed by atoms with Crippen LogP contribution in [0.3, 0.4) is 0 Å². The molecule has 0 fully saturated rings. The molecule has 0 spiro atoms. The molecule has 0 amide bonds. The molecule has 0 radical (unpaired) electrons. The lowest BCUT2D eigenvalue weighted by Crippen LogP contribution is -1.92. The second kappa shape index (κ2) is 2.60. The quantitative estimate of drug-likeness (QED) is 0.579. The third-order valence-corrected chi connectivity index (χ3v) is 1.41. The fraction of sp³-hybridized carbons (Fsp3) is 0.200. The van der Waals surface area contributed by atoms with Crippen LogP contribution in [0, 0.1) is 0 Å². The maximum atomic E-state index is 4.94. The van der Waals surface area contributed by atoms with Crippen molar-refractivity contribution in [2.24, 2.45) is 0 Å². The van der Waals surface area contributed by atoms with Crippen molar-refractivity contribution in [3.05, 3.63) is 21.7 Å². The molecule has 0 aliphatic carbocycles. The summed E-state index contributed by atoms with van der Waals surface area (Å²) < 4.78 is 5.88. The van der Waals surface area contributed by atoms with Crippen LogP contribution >= 0.6 is 28.6 Å². The van der Waals surface area contributed by atoms with E-state index in [1.165, 1.54) is 0 Å². The Hall–Kier alpha value is 0.110.